The number of hydrogen-bond acceptors (Lipinski definition) is 4. The van der Waals surface area contributed by atoms with E-state index in [0.29, 0.717) is 0 Å². The lowest BCUT2D eigenvalue weighted by Crippen LogP contribution is -2.60. The van der Waals surface area contributed by atoms with Crippen molar-refractivity contribution in [1.29, 1.82) is 0 Å². The highest BCUT2D eigenvalue weighted by molar-refractivity contribution is 5.87. The minimum Gasteiger partial charge on any atom is -0.458 e. The van der Waals surface area contributed by atoms with E-state index in [1.54, 1.807) is 13.0 Å². The Bertz CT molecular complexity index is 341. The molecule has 104 valence electrons. The summed E-state index contributed by atoms with van der Waals surface area (Å²) in [7, 11) is 2.12. The molecule has 0 saturated carbocycles. The molecule has 1 aliphatic rings. The highest BCUT2D eigenvalue weighted by atomic mass is 16.5. The van der Waals surface area contributed by atoms with Gasteiger partial charge in [0.15, 0.2) is 0 Å². The van der Waals surface area contributed by atoms with Crippen LogP contribution in [0.3, 0.4) is 0 Å². The summed E-state index contributed by atoms with van der Waals surface area (Å²) in [5.41, 5.74) is 5.78. The molecule has 2 N–H and O–H groups in total. The summed E-state index contributed by atoms with van der Waals surface area (Å²) in [6.45, 7) is 10.4. The Labute approximate surface area is 110 Å². The molecule has 1 saturated heterocycles. The van der Waals surface area contributed by atoms with Gasteiger partial charge in [-0.1, -0.05) is 6.08 Å². The van der Waals surface area contributed by atoms with Crippen LogP contribution < -0.4 is 5.73 Å². The molecule has 0 radical (unpaired) electrons. The van der Waals surface area contributed by atoms with E-state index >= 15 is 0 Å². The summed E-state index contributed by atoms with van der Waals surface area (Å²) >= 11 is 0. The van der Waals surface area contributed by atoms with Crippen molar-refractivity contribution in [2.45, 2.75) is 64.6 Å². The Hall–Kier alpha value is -1.03. The second-order valence-electron chi connectivity index (χ2n) is 6.36. The number of hydrogen-bond donors (Lipinski definition) is 1. The largest absolute Gasteiger partial charge is 0.458 e. The average molecular weight is 254 g/mol. The molecule has 0 aliphatic carbocycles. The molecule has 1 rings (SSSR count). The quantitative estimate of drug-likeness (QED) is 0.605. The summed E-state index contributed by atoms with van der Waals surface area (Å²) in [6, 6.07) is 0. The molecule has 1 heterocycles. The van der Waals surface area contributed by atoms with E-state index in [9.17, 15) is 4.79 Å². The van der Waals surface area contributed by atoms with Crippen LogP contribution >= 0.6 is 0 Å². The number of rotatable bonds is 2. The van der Waals surface area contributed by atoms with Crippen LogP contribution in [0.5, 0.6) is 0 Å². The predicted octanol–water partition coefficient (Wildman–Crippen LogP) is 2.04. The number of ether oxygens (including phenoxy) is 1. The SMILES string of the molecule is CC=C(N)C(=O)OC1CC(C)(C)N(C)C(C)(C)C1. The second kappa shape index (κ2) is 4.92. The van der Waals surface area contributed by atoms with E-state index in [1.807, 2.05) is 0 Å². The van der Waals surface area contributed by atoms with E-state index in [1.165, 1.54) is 0 Å². The lowest BCUT2D eigenvalue weighted by Gasteiger charge is -2.53. The maximum absolute atomic E-state index is 11.7. The summed E-state index contributed by atoms with van der Waals surface area (Å²) in [5.74, 6) is -0.404. The number of nitrogens with two attached hydrogens (primary N) is 1. The van der Waals surface area contributed by atoms with Crippen LogP contribution in [0.4, 0.5) is 0 Å². The highest BCUT2D eigenvalue weighted by Gasteiger charge is 2.44. The molecule has 0 aromatic carbocycles. The molecule has 4 nitrogen and oxygen atoms in total. The molecule has 0 aromatic heterocycles. The van der Waals surface area contributed by atoms with Crippen molar-refractivity contribution < 1.29 is 9.53 Å². The zero-order valence-corrected chi connectivity index (χ0v) is 12.4. The van der Waals surface area contributed by atoms with Crippen molar-refractivity contribution in [2.75, 3.05) is 7.05 Å². The fraction of sp³-hybridized carbons (Fsp3) is 0.786. The van der Waals surface area contributed by atoms with Crippen LogP contribution in [0, 0.1) is 0 Å². The Balaban J connectivity index is 2.79. The van der Waals surface area contributed by atoms with Gasteiger partial charge in [0.1, 0.15) is 11.8 Å². The zero-order valence-electron chi connectivity index (χ0n) is 12.4. The van der Waals surface area contributed by atoms with Crippen LogP contribution in [0.2, 0.25) is 0 Å². The Morgan fingerprint density at radius 3 is 2.11 bits per heavy atom. The van der Waals surface area contributed by atoms with Gasteiger partial charge in [-0.05, 0) is 41.7 Å². The number of carbonyl (C=O) groups is 1. The first kappa shape index (κ1) is 15.0. The molecule has 4 heteroatoms. The van der Waals surface area contributed by atoms with E-state index in [0.717, 1.165) is 12.8 Å². The number of likely N-dealkylation sites (tertiary alicyclic amines) is 1. The first-order chi connectivity index (χ1) is 8.10. The summed E-state index contributed by atoms with van der Waals surface area (Å²) < 4.78 is 5.50. The van der Waals surface area contributed by atoms with E-state index < -0.39 is 5.97 Å². The first-order valence-electron chi connectivity index (χ1n) is 6.47. The minimum absolute atomic E-state index is 0.0113. The molecule has 0 aromatic rings. The zero-order chi connectivity index (χ0) is 14.1. The molecular weight excluding hydrogens is 228 g/mol. The van der Waals surface area contributed by atoms with E-state index in [4.69, 9.17) is 10.5 Å². The monoisotopic (exact) mass is 254 g/mol. The first-order valence-corrected chi connectivity index (χ1v) is 6.47. The average Bonchev–Trinajstić information content (AvgIpc) is 2.23. The number of piperidine rings is 1. The van der Waals surface area contributed by atoms with Gasteiger partial charge in [0.2, 0.25) is 0 Å². The fourth-order valence-electron chi connectivity index (χ4n) is 2.70. The van der Waals surface area contributed by atoms with Gasteiger partial charge in [0, 0.05) is 23.9 Å². The molecule has 0 spiro atoms. The normalized spacial score (nSPS) is 24.9. The molecule has 0 unspecified atom stereocenters. The maximum Gasteiger partial charge on any atom is 0.354 e. The van der Waals surface area contributed by atoms with Crippen molar-refractivity contribution in [2.24, 2.45) is 5.73 Å². The van der Waals surface area contributed by atoms with Gasteiger partial charge < -0.3 is 10.5 Å². The molecule has 0 bridgehead atoms. The third-order valence-electron chi connectivity index (χ3n) is 4.09. The van der Waals surface area contributed by atoms with Crippen molar-refractivity contribution in [1.82, 2.24) is 4.90 Å². The number of allylic oxidation sites excluding steroid dienone is 1. The summed E-state index contributed by atoms with van der Waals surface area (Å²) in [5, 5.41) is 0. The second-order valence-corrected chi connectivity index (χ2v) is 6.36. The van der Waals surface area contributed by atoms with Gasteiger partial charge in [-0.3, -0.25) is 4.90 Å². The Kier molecular flexibility index (Phi) is 4.11. The topological polar surface area (TPSA) is 55.6 Å². The molecule has 0 atom stereocenters. The van der Waals surface area contributed by atoms with E-state index in [-0.39, 0.29) is 22.9 Å². The summed E-state index contributed by atoms with van der Waals surface area (Å²) in [6.07, 6.45) is 3.16. The van der Waals surface area contributed by atoms with Crippen molar-refractivity contribution in [3.63, 3.8) is 0 Å². The Morgan fingerprint density at radius 1 is 1.28 bits per heavy atom. The van der Waals surface area contributed by atoms with Crippen LogP contribution in [0.25, 0.3) is 0 Å². The lowest BCUT2D eigenvalue weighted by molar-refractivity contribution is -0.154. The lowest BCUT2D eigenvalue weighted by atomic mass is 9.79. The Morgan fingerprint density at radius 2 is 1.72 bits per heavy atom. The van der Waals surface area contributed by atoms with Gasteiger partial charge in [0.05, 0.1) is 0 Å². The van der Waals surface area contributed by atoms with Crippen LogP contribution in [-0.2, 0) is 9.53 Å². The highest BCUT2D eigenvalue weighted by Crippen LogP contribution is 2.38. The van der Waals surface area contributed by atoms with Crippen LogP contribution in [-0.4, -0.2) is 35.1 Å². The van der Waals surface area contributed by atoms with Crippen molar-refractivity contribution >= 4 is 5.97 Å². The molecule has 18 heavy (non-hydrogen) atoms. The summed E-state index contributed by atoms with van der Waals surface area (Å²) in [4.78, 5) is 14.1. The van der Waals surface area contributed by atoms with E-state index in [2.05, 4.69) is 39.6 Å². The number of esters is 1. The minimum atomic E-state index is -0.404. The van der Waals surface area contributed by atoms with Crippen LogP contribution in [0.15, 0.2) is 11.8 Å². The third-order valence-corrected chi connectivity index (χ3v) is 4.09. The van der Waals surface area contributed by atoms with Crippen molar-refractivity contribution in [3.05, 3.63) is 11.8 Å². The van der Waals surface area contributed by atoms with Gasteiger partial charge >= 0.3 is 5.97 Å². The number of nitrogens with zero attached hydrogens (tertiary/aromatic N) is 1. The smallest absolute Gasteiger partial charge is 0.354 e. The standard InChI is InChI=1S/C14H26N2O2/c1-7-11(15)12(17)18-10-8-13(2,3)16(6)14(4,5)9-10/h7,10H,8-9,15H2,1-6H3. The molecule has 0 amide bonds. The molecular formula is C14H26N2O2. The molecule has 1 aliphatic heterocycles. The van der Waals surface area contributed by atoms with Gasteiger partial charge in [-0.2, -0.15) is 0 Å². The van der Waals surface area contributed by atoms with Gasteiger partial charge in [-0.15, -0.1) is 0 Å². The van der Waals surface area contributed by atoms with Crippen LogP contribution in [0.1, 0.15) is 47.5 Å². The third kappa shape index (κ3) is 3.05. The number of carbonyl (C=O) groups excluding carboxylic acids is 1. The van der Waals surface area contributed by atoms with Crippen molar-refractivity contribution in [3.8, 4) is 0 Å². The van der Waals surface area contributed by atoms with Gasteiger partial charge in [-0.25, -0.2) is 4.79 Å². The molecule has 1 fully saturated rings. The fourth-order valence-corrected chi connectivity index (χ4v) is 2.70. The predicted molar refractivity (Wildman–Crippen MR) is 73.0 cm³/mol. The maximum atomic E-state index is 11.7. The van der Waals surface area contributed by atoms with Gasteiger partial charge in [0.25, 0.3) is 0 Å².